The van der Waals surface area contributed by atoms with Crippen molar-refractivity contribution in [3.05, 3.63) is 65.2 Å². The Morgan fingerprint density at radius 1 is 1.03 bits per heavy atom. The van der Waals surface area contributed by atoms with Gasteiger partial charge >= 0.3 is 0 Å². The van der Waals surface area contributed by atoms with Gasteiger partial charge in [0.05, 0.1) is 18.2 Å². The number of para-hydroxylation sites is 1. The number of ether oxygens (including phenoxy) is 1. The molecule has 0 bridgehead atoms. The molecular formula is C26H36N2O2. The van der Waals surface area contributed by atoms with Crippen LogP contribution in [0.2, 0.25) is 0 Å². The van der Waals surface area contributed by atoms with E-state index in [0.29, 0.717) is 24.5 Å². The molecule has 2 aromatic carbocycles. The predicted octanol–water partition coefficient (Wildman–Crippen LogP) is 5.38. The number of nitrogens with zero attached hydrogens (tertiary/aromatic N) is 1. The van der Waals surface area contributed by atoms with Gasteiger partial charge in [-0.2, -0.15) is 0 Å². The number of nitrogens with one attached hydrogen (secondary N) is 1. The molecule has 0 aromatic heterocycles. The monoisotopic (exact) mass is 408 g/mol. The first kappa shape index (κ1) is 22.4. The Morgan fingerprint density at radius 3 is 2.47 bits per heavy atom. The molecular weight excluding hydrogens is 372 g/mol. The predicted molar refractivity (Wildman–Crippen MR) is 123 cm³/mol. The van der Waals surface area contributed by atoms with E-state index < -0.39 is 0 Å². The topological polar surface area (TPSA) is 41.6 Å². The van der Waals surface area contributed by atoms with Gasteiger partial charge in [0, 0.05) is 6.54 Å². The first-order valence-corrected chi connectivity index (χ1v) is 11.6. The number of rotatable bonds is 10. The highest BCUT2D eigenvalue weighted by atomic mass is 16.5. The second-order valence-corrected chi connectivity index (χ2v) is 8.12. The van der Waals surface area contributed by atoms with Crippen LogP contribution < -0.4 is 10.1 Å². The van der Waals surface area contributed by atoms with Crippen LogP contribution in [-0.2, 0) is 6.42 Å². The Morgan fingerprint density at radius 2 is 1.77 bits per heavy atom. The van der Waals surface area contributed by atoms with Gasteiger partial charge in [0.1, 0.15) is 5.75 Å². The maximum atomic E-state index is 13.0. The number of unbranched alkanes of at least 4 members (excludes halogenated alkanes) is 1. The van der Waals surface area contributed by atoms with Gasteiger partial charge in [-0.25, -0.2) is 0 Å². The fraction of sp³-hybridized carbons (Fsp3) is 0.500. The summed E-state index contributed by atoms with van der Waals surface area (Å²) in [6.45, 7) is 7.74. The van der Waals surface area contributed by atoms with E-state index in [2.05, 4.69) is 48.3 Å². The molecule has 1 atom stereocenters. The minimum Gasteiger partial charge on any atom is -0.493 e. The number of hydrogen-bond acceptors (Lipinski definition) is 3. The zero-order chi connectivity index (χ0) is 21.2. The molecule has 0 saturated carbocycles. The van der Waals surface area contributed by atoms with Crippen LogP contribution in [0, 0.1) is 0 Å². The fourth-order valence-electron chi connectivity index (χ4n) is 4.05. The van der Waals surface area contributed by atoms with Crippen LogP contribution in [0.25, 0.3) is 0 Å². The van der Waals surface area contributed by atoms with Crippen LogP contribution in [0.5, 0.6) is 5.75 Å². The Kier molecular flexibility index (Phi) is 8.76. The van der Waals surface area contributed by atoms with Crippen LogP contribution in [-0.4, -0.2) is 37.0 Å². The van der Waals surface area contributed by atoms with Crippen LogP contribution in [0.15, 0.2) is 48.5 Å². The molecule has 0 spiro atoms. The number of amides is 1. The second-order valence-electron chi connectivity index (χ2n) is 8.12. The van der Waals surface area contributed by atoms with E-state index in [0.717, 1.165) is 32.4 Å². The molecule has 1 aliphatic heterocycles. The summed E-state index contributed by atoms with van der Waals surface area (Å²) in [6, 6.07) is 16.6. The lowest BCUT2D eigenvalue weighted by Crippen LogP contribution is -2.40. The summed E-state index contributed by atoms with van der Waals surface area (Å²) in [5.41, 5.74) is 3.24. The van der Waals surface area contributed by atoms with Crippen molar-refractivity contribution in [2.45, 2.75) is 58.4 Å². The Hall–Kier alpha value is -2.33. The molecule has 1 amide bonds. The zero-order valence-corrected chi connectivity index (χ0v) is 18.5. The molecule has 30 heavy (non-hydrogen) atoms. The van der Waals surface area contributed by atoms with Gasteiger partial charge in [0.2, 0.25) is 0 Å². The number of carbonyl (C=O) groups is 1. The molecule has 0 radical (unpaired) electrons. The number of aryl methyl sites for hydroxylation is 1. The SMILES string of the molecule is CCCCOc1ccccc1C(=O)NC[C@H](c1ccc(CC)cc1)N1CCCCC1. The zero-order valence-electron chi connectivity index (χ0n) is 18.5. The smallest absolute Gasteiger partial charge is 0.255 e. The van der Waals surface area contributed by atoms with Gasteiger partial charge in [0.25, 0.3) is 5.91 Å². The van der Waals surface area contributed by atoms with Crippen molar-refractivity contribution in [3.8, 4) is 5.75 Å². The molecule has 1 aliphatic rings. The highest BCUT2D eigenvalue weighted by Gasteiger charge is 2.23. The van der Waals surface area contributed by atoms with Crippen molar-refractivity contribution in [1.82, 2.24) is 10.2 Å². The number of likely N-dealkylation sites (tertiary alicyclic amines) is 1. The third kappa shape index (κ3) is 6.09. The minimum atomic E-state index is -0.0608. The van der Waals surface area contributed by atoms with Gasteiger partial charge in [-0.15, -0.1) is 0 Å². The molecule has 3 rings (SSSR count). The molecule has 1 fully saturated rings. The Balaban J connectivity index is 1.71. The molecule has 4 heteroatoms. The molecule has 162 valence electrons. The van der Waals surface area contributed by atoms with Gasteiger partial charge in [-0.1, -0.05) is 63.1 Å². The average molecular weight is 409 g/mol. The van der Waals surface area contributed by atoms with E-state index in [9.17, 15) is 4.79 Å². The third-order valence-electron chi connectivity index (χ3n) is 5.95. The van der Waals surface area contributed by atoms with Crippen molar-refractivity contribution < 1.29 is 9.53 Å². The molecule has 1 N–H and O–H groups in total. The van der Waals surface area contributed by atoms with Crippen LogP contribution >= 0.6 is 0 Å². The number of hydrogen-bond donors (Lipinski definition) is 1. The van der Waals surface area contributed by atoms with Crippen LogP contribution in [0.4, 0.5) is 0 Å². The molecule has 1 saturated heterocycles. The van der Waals surface area contributed by atoms with Crippen LogP contribution in [0.1, 0.15) is 73.5 Å². The van der Waals surface area contributed by atoms with E-state index in [-0.39, 0.29) is 11.9 Å². The fourth-order valence-corrected chi connectivity index (χ4v) is 4.05. The highest BCUT2D eigenvalue weighted by molar-refractivity contribution is 5.96. The largest absolute Gasteiger partial charge is 0.493 e. The van der Waals surface area contributed by atoms with Gasteiger partial charge in [-0.05, 0) is 62.0 Å². The highest BCUT2D eigenvalue weighted by Crippen LogP contribution is 2.25. The van der Waals surface area contributed by atoms with Crippen molar-refractivity contribution in [2.24, 2.45) is 0 Å². The lowest BCUT2D eigenvalue weighted by Gasteiger charge is -2.35. The summed E-state index contributed by atoms with van der Waals surface area (Å²) in [5.74, 6) is 0.611. The third-order valence-corrected chi connectivity index (χ3v) is 5.95. The second kappa shape index (κ2) is 11.8. The number of carbonyl (C=O) groups excluding carboxylic acids is 1. The Bertz CT molecular complexity index is 782. The molecule has 0 unspecified atom stereocenters. The summed E-state index contributed by atoms with van der Waals surface area (Å²) in [4.78, 5) is 15.5. The van der Waals surface area contributed by atoms with E-state index in [1.165, 1.54) is 30.4 Å². The van der Waals surface area contributed by atoms with Gasteiger partial charge in [-0.3, -0.25) is 9.69 Å². The lowest BCUT2D eigenvalue weighted by atomic mass is 9.99. The minimum absolute atomic E-state index is 0.0608. The number of piperidine rings is 1. The standard InChI is InChI=1S/C26H36N2O2/c1-3-5-19-30-25-12-8-7-11-23(25)26(29)27-20-24(28-17-9-6-10-18-28)22-15-13-21(4-2)14-16-22/h7-8,11-16,24H,3-6,9-10,17-20H2,1-2H3,(H,27,29)/t24-/m1/s1. The first-order chi connectivity index (χ1) is 14.7. The molecule has 2 aromatic rings. The Labute approximate surface area is 181 Å². The molecule has 1 heterocycles. The summed E-state index contributed by atoms with van der Waals surface area (Å²) in [6.07, 6.45) is 6.85. The summed E-state index contributed by atoms with van der Waals surface area (Å²) < 4.78 is 5.86. The van der Waals surface area contributed by atoms with E-state index >= 15 is 0 Å². The summed E-state index contributed by atoms with van der Waals surface area (Å²) >= 11 is 0. The van der Waals surface area contributed by atoms with E-state index in [1.807, 2.05) is 24.3 Å². The van der Waals surface area contributed by atoms with Gasteiger partial charge < -0.3 is 10.1 Å². The van der Waals surface area contributed by atoms with E-state index in [4.69, 9.17) is 4.74 Å². The molecule has 4 nitrogen and oxygen atoms in total. The van der Waals surface area contributed by atoms with Crippen molar-refractivity contribution in [2.75, 3.05) is 26.2 Å². The average Bonchev–Trinajstić information content (AvgIpc) is 2.80. The van der Waals surface area contributed by atoms with Gasteiger partial charge in [0.15, 0.2) is 0 Å². The first-order valence-electron chi connectivity index (χ1n) is 11.6. The maximum Gasteiger partial charge on any atom is 0.255 e. The molecule has 0 aliphatic carbocycles. The van der Waals surface area contributed by atoms with E-state index in [1.54, 1.807) is 0 Å². The summed E-state index contributed by atoms with van der Waals surface area (Å²) in [5, 5.41) is 3.19. The lowest BCUT2D eigenvalue weighted by molar-refractivity contribution is 0.0920. The summed E-state index contributed by atoms with van der Waals surface area (Å²) in [7, 11) is 0. The van der Waals surface area contributed by atoms with Crippen molar-refractivity contribution in [3.63, 3.8) is 0 Å². The quantitative estimate of drug-likeness (QED) is 0.536. The van der Waals surface area contributed by atoms with Crippen molar-refractivity contribution >= 4 is 5.91 Å². The maximum absolute atomic E-state index is 13.0. The van der Waals surface area contributed by atoms with Crippen molar-refractivity contribution in [1.29, 1.82) is 0 Å². The van der Waals surface area contributed by atoms with Crippen LogP contribution in [0.3, 0.4) is 0 Å². The number of benzene rings is 2. The normalized spacial score (nSPS) is 15.5.